The number of hydrogen-bond donors (Lipinski definition) is 2. The molecule has 0 unspecified atom stereocenters. The van der Waals surface area contributed by atoms with Crippen molar-refractivity contribution in [1.29, 1.82) is 0 Å². The van der Waals surface area contributed by atoms with Crippen molar-refractivity contribution in [2.24, 2.45) is 0 Å². The van der Waals surface area contributed by atoms with Crippen molar-refractivity contribution >= 4 is 32.4 Å². The Morgan fingerprint density at radius 2 is 1.80 bits per heavy atom. The minimum absolute atomic E-state index is 0.115. The maximum atomic E-state index is 13.9. The van der Waals surface area contributed by atoms with Crippen LogP contribution >= 0.6 is 0 Å². The number of fused-ring (bicyclic) bond motifs is 1. The first-order valence-electron chi connectivity index (χ1n) is 11.0. The van der Waals surface area contributed by atoms with E-state index in [9.17, 15) is 12.8 Å². The number of sulfonamides is 1. The van der Waals surface area contributed by atoms with Crippen LogP contribution in [0.25, 0.3) is 22.0 Å². The van der Waals surface area contributed by atoms with Gasteiger partial charge in [-0.15, -0.1) is 0 Å². The monoisotopic (exact) mass is 495 g/mol. The summed E-state index contributed by atoms with van der Waals surface area (Å²) in [5.74, 6) is 0.640. The van der Waals surface area contributed by atoms with E-state index in [2.05, 4.69) is 19.7 Å². The molecule has 0 fully saturated rings. The number of benzene rings is 2. The summed E-state index contributed by atoms with van der Waals surface area (Å²) in [4.78, 5) is 12.6. The smallest absolute Gasteiger partial charge is 0.232 e. The molecule has 0 aliphatic rings. The predicted octanol–water partition coefficient (Wildman–Crippen LogP) is 5.25. The number of nitrogens with two attached hydrogens (primary N) is 1. The number of hydrogen-bond acceptors (Lipinski definition) is 7. The van der Waals surface area contributed by atoms with Crippen LogP contribution in [-0.4, -0.2) is 34.8 Å². The second-order valence-electron chi connectivity index (χ2n) is 8.76. The molecular formula is C25H26FN5O3S. The summed E-state index contributed by atoms with van der Waals surface area (Å²) in [6.45, 7) is 4.53. The molecule has 8 nitrogen and oxygen atoms in total. The first-order valence-corrected chi connectivity index (χ1v) is 12.6. The van der Waals surface area contributed by atoms with Gasteiger partial charge in [-0.3, -0.25) is 4.72 Å². The molecule has 0 saturated carbocycles. The molecule has 2 heterocycles. The van der Waals surface area contributed by atoms with E-state index in [1.54, 1.807) is 42.7 Å². The predicted molar refractivity (Wildman–Crippen MR) is 136 cm³/mol. The molecule has 2 aromatic carbocycles. The molecule has 10 heteroatoms. The number of aromatic nitrogens is 3. The molecule has 4 rings (SSSR count). The van der Waals surface area contributed by atoms with E-state index >= 15 is 0 Å². The molecule has 0 radical (unpaired) electrons. The largest absolute Gasteiger partial charge is 0.437 e. The third kappa shape index (κ3) is 5.83. The molecule has 0 aliphatic carbocycles. The molecule has 0 saturated heterocycles. The van der Waals surface area contributed by atoms with Crippen LogP contribution in [0.3, 0.4) is 0 Å². The van der Waals surface area contributed by atoms with Crippen molar-refractivity contribution in [2.75, 3.05) is 16.2 Å². The molecular weight excluding hydrogens is 469 g/mol. The van der Waals surface area contributed by atoms with Gasteiger partial charge in [-0.25, -0.2) is 27.8 Å². The quantitative estimate of drug-likeness (QED) is 0.342. The van der Waals surface area contributed by atoms with Gasteiger partial charge in [-0.2, -0.15) is 0 Å². The Hall–Kier alpha value is -3.79. The van der Waals surface area contributed by atoms with Crippen LogP contribution in [0, 0.1) is 6.92 Å². The number of pyridine rings is 1. The lowest BCUT2D eigenvalue weighted by atomic mass is 10.0. The van der Waals surface area contributed by atoms with Gasteiger partial charge < -0.3 is 10.5 Å². The average molecular weight is 496 g/mol. The van der Waals surface area contributed by atoms with Crippen molar-refractivity contribution in [2.45, 2.75) is 32.9 Å². The lowest BCUT2D eigenvalue weighted by Crippen LogP contribution is -2.23. The van der Waals surface area contributed by atoms with E-state index in [0.29, 0.717) is 44.9 Å². The fourth-order valence-corrected chi connectivity index (χ4v) is 4.95. The highest BCUT2D eigenvalue weighted by Gasteiger charge is 2.22. The molecule has 0 aliphatic heterocycles. The second kappa shape index (κ2) is 9.46. The summed E-state index contributed by atoms with van der Waals surface area (Å²) >= 11 is 0. The van der Waals surface area contributed by atoms with Crippen molar-refractivity contribution in [3.05, 3.63) is 66.5 Å². The highest BCUT2D eigenvalue weighted by atomic mass is 32.2. The second-order valence-corrected chi connectivity index (χ2v) is 10.6. The topological polar surface area (TPSA) is 120 Å². The number of anilines is 2. The summed E-state index contributed by atoms with van der Waals surface area (Å²) in [6, 6.07) is 14.3. The Morgan fingerprint density at radius 1 is 1.06 bits per heavy atom. The molecule has 4 aromatic rings. The molecule has 0 atom stereocenters. The minimum atomic E-state index is -3.76. The third-order valence-corrected chi connectivity index (χ3v) is 6.60. The number of nitrogens with zero attached hydrogens (tertiary/aromatic N) is 3. The third-order valence-electron chi connectivity index (χ3n) is 5.33. The molecule has 35 heavy (non-hydrogen) atoms. The molecule has 0 spiro atoms. The maximum Gasteiger partial charge on any atom is 0.232 e. The molecule has 0 amide bonds. The van der Waals surface area contributed by atoms with Crippen LogP contribution in [0.15, 0.2) is 60.9 Å². The number of nitrogens with one attached hydrogen (secondary N) is 1. The van der Waals surface area contributed by atoms with E-state index in [-0.39, 0.29) is 18.1 Å². The number of ether oxygens (including phenoxy) is 1. The zero-order chi connectivity index (χ0) is 25.2. The Balaban J connectivity index is 1.74. The summed E-state index contributed by atoms with van der Waals surface area (Å²) in [5.41, 5.74) is 6.43. The summed E-state index contributed by atoms with van der Waals surface area (Å²) < 4.78 is 48.1. The van der Waals surface area contributed by atoms with E-state index in [1.165, 1.54) is 13.8 Å². The highest BCUT2D eigenvalue weighted by Crippen LogP contribution is 2.39. The lowest BCUT2D eigenvalue weighted by Gasteiger charge is -2.18. The van der Waals surface area contributed by atoms with Gasteiger partial charge in [0.25, 0.3) is 0 Å². The van der Waals surface area contributed by atoms with E-state index in [1.807, 2.05) is 25.1 Å². The SMILES string of the molecule is Cc1cc(NS(=O)(=O)CCC(C)(C)F)c2ccccc2c1Oc1ncccc1-c1ccnc(N)n1. The van der Waals surface area contributed by atoms with Crippen LogP contribution in [-0.2, 0) is 10.0 Å². The zero-order valence-electron chi connectivity index (χ0n) is 19.6. The lowest BCUT2D eigenvalue weighted by molar-refractivity contribution is 0.211. The Bertz CT molecular complexity index is 1490. The van der Waals surface area contributed by atoms with E-state index < -0.39 is 15.7 Å². The van der Waals surface area contributed by atoms with Crippen molar-refractivity contribution < 1.29 is 17.5 Å². The summed E-state index contributed by atoms with van der Waals surface area (Å²) in [6.07, 6.45) is 3.05. The number of aryl methyl sites for hydroxylation is 1. The van der Waals surface area contributed by atoms with Crippen molar-refractivity contribution in [3.8, 4) is 22.9 Å². The number of alkyl halides is 1. The zero-order valence-corrected chi connectivity index (χ0v) is 20.4. The van der Waals surface area contributed by atoms with Gasteiger partial charge in [0, 0.05) is 23.2 Å². The van der Waals surface area contributed by atoms with Gasteiger partial charge in [0.1, 0.15) is 11.4 Å². The van der Waals surface area contributed by atoms with Gasteiger partial charge in [0.05, 0.1) is 22.7 Å². The van der Waals surface area contributed by atoms with Gasteiger partial charge in [0.2, 0.25) is 21.9 Å². The van der Waals surface area contributed by atoms with Crippen LogP contribution in [0.5, 0.6) is 11.6 Å². The standard InChI is InChI=1S/C25H26FN5O3S/c1-16-15-21(31-35(32,33)14-11-25(2,3)26)17-7-4-5-8-18(17)22(16)34-23-19(9-6-12-28-23)20-10-13-29-24(27)30-20/h4-10,12-13,15,31H,11,14H2,1-3H3,(H2,27,29,30). The molecule has 182 valence electrons. The summed E-state index contributed by atoms with van der Waals surface area (Å²) in [5, 5.41) is 1.33. The molecule has 2 aromatic heterocycles. The Morgan fingerprint density at radius 3 is 2.51 bits per heavy atom. The van der Waals surface area contributed by atoms with E-state index in [4.69, 9.17) is 10.5 Å². The van der Waals surface area contributed by atoms with Gasteiger partial charge in [-0.1, -0.05) is 24.3 Å². The van der Waals surface area contributed by atoms with Gasteiger partial charge in [0.15, 0.2) is 0 Å². The Kier molecular flexibility index (Phi) is 6.58. The highest BCUT2D eigenvalue weighted by molar-refractivity contribution is 7.92. The number of halogens is 1. The maximum absolute atomic E-state index is 13.9. The molecule has 0 bridgehead atoms. The van der Waals surface area contributed by atoms with Crippen molar-refractivity contribution in [3.63, 3.8) is 0 Å². The fraction of sp³-hybridized carbons (Fsp3) is 0.240. The molecule has 3 N–H and O–H groups in total. The van der Waals surface area contributed by atoms with Crippen LogP contribution in [0.1, 0.15) is 25.8 Å². The first kappa shape index (κ1) is 24.3. The normalized spacial score (nSPS) is 12.0. The van der Waals surface area contributed by atoms with Crippen LogP contribution in [0.2, 0.25) is 0 Å². The van der Waals surface area contributed by atoms with Crippen LogP contribution < -0.4 is 15.2 Å². The average Bonchev–Trinajstić information content (AvgIpc) is 2.80. The Labute approximate surface area is 203 Å². The van der Waals surface area contributed by atoms with Crippen molar-refractivity contribution in [1.82, 2.24) is 15.0 Å². The van der Waals surface area contributed by atoms with Gasteiger partial charge in [-0.05, 0) is 57.0 Å². The minimum Gasteiger partial charge on any atom is -0.437 e. The first-order chi connectivity index (χ1) is 16.5. The van der Waals surface area contributed by atoms with Crippen LogP contribution in [0.4, 0.5) is 16.0 Å². The number of rotatable bonds is 8. The summed E-state index contributed by atoms with van der Waals surface area (Å²) in [7, 11) is -3.76. The fourth-order valence-electron chi connectivity index (χ4n) is 3.59. The van der Waals surface area contributed by atoms with E-state index in [0.717, 1.165) is 0 Å². The van der Waals surface area contributed by atoms with Gasteiger partial charge >= 0.3 is 0 Å². The number of nitrogen functional groups attached to an aromatic ring is 1.